The lowest BCUT2D eigenvalue weighted by Gasteiger charge is -2.15. The van der Waals surface area contributed by atoms with E-state index >= 15 is 0 Å². The molecule has 11 heteroatoms. The summed E-state index contributed by atoms with van der Waals surface area (Å²) in [6, 6.07) is 28.3. The van der Waals surface area contributed by atoms with Gasteiger partial charge in [-0.1, -0.05) is 60.7 Å². The van der Waals surface area contributed by atoms with E-state index in [-0.39, 0.29) is 16.3 Å². The Morgan fingerprint density at radius 1 is 0.875 bits per heavy atom. The molecule has 0 aliphatic carbocycles. The number of nitro benzene ring substituents is 1. The van der Waals surface area contributed by atoms with Crippen LogP contribution in [0.2, 0.25) is 0 Å². The van der Waals surface area contributed by atoms with Crippen LogP contribution in [0.3, 0.4) is 0 Å². The molecule has 0 unspecified atom stereocenters. The van der Waals surface area contributed by atoms with Crippen LogP contribution in [-0.2, 0) is 23.2 Å². The molecule has 0 aliphatic heterocycles. The van der Waals surface area contributed by atoms with Gasteiger partial charge in [0.05, 0.1) is 16.8 Å². The summed E-state index contributed by atoms with van der Waals surface area (Å²) in [6.45, 7) is 0.696. The Kier molecular flexibility index (Phi) is 9.10. The Bertz CT molecular complexity index is 1590. The van der Waals surface area contributed by atoms with E-state index in [0.717, 1.165) is 21.5 Å². The molecular formula is C29H28N4O6S. The smallest absolute Gasteiger partial charge is 0.270 e. The predicted octanol–water partition coefficient (Wildman–Crippen LogP) is 5.45. The standard InChI is InChI=1S/C29H28N4O6S/c1-32(2)40(36,37)29-17-25(33(34)35)14-16-27(29)31-30-19-24-13-15-26(38-20-22-9-5-3-6-10-22)18-28(24)39-21-23-11-7-4-8-12-23/h3-19,31H,20-21H2,1-2H3/b30-19-. The highest BCUT2D eigenvalue weighted by Crippen LogP contribution is 2.29. The van der Waals surface area contributed by atoms with E-state index in [2.05, 4.69) is 10.5 Å². The van der Waals surface area contributed by atoms with E-state index in [0.29, 0.717) is 30.3 Å². The largest absolute Gasteiger partial charge is 0.489 e. The minimum absolute atomic E-state index is 0.0881. The van der Waals surface area contributed by atoms with Crippen molar-refractivity contribution in [3.63, 3.8) is 0 Å². The molecule has 40 heavy (non-hydrogen) atoms. The SMILES string of the molecule is CN(C)S(=O)(=O)c1cc([N+](=O)[O-])ccc1N/N=C\c1ccc(OCc2ccccc2)cc1OCc1ccccc1. The average molecular weight is 561 g/mol. The molecule has 0 aromatic heterocycles. The fourth-order valence-corrected chi connectivity index (χ4v) is 4.67. The number of nitrogens with zero attached hydrogens (tertiary/aromatic N) is 3. The zero-order valence-electron chi connectivity index (χ0n) is 21.9. The Labute approximate surface area is 232 Å². The van der Waals surface area contributed by atoms with Crippen molar-refractivity contribution in [1.29, 1.82) is 0 Å². The third-order valence-corrected chi connectivity index (χ3v) is 7.65. The quantitative estimate of drug-likeness (QED) is 0.139. The topological polar surface area (TPSA) is 123 Å². The average Bonchev–Trinajstić information content (AvgIpc) is 2.96. The molecule has 0 spiro atoms. The van der Waals surface area contributed by atoms with E-state index in [1.54, 1.807) is 18.2 Å². The van der Waals surface area contributed by atoms with Gasteiger partial charge in [0, 0.05) is 37.9 Å². The van der Waals surface area contributed by atoms with Gasteiger partial charge in [-0.05, 0) is 29.3 Å². The summed E-state index contributed by atoms with van der Waals surface area (Å²) in [4.78, 5) is 10.3. The van der Waals surface area contributed by atoms with Crippen LogP contribution in [0.5, 0.6) is 11.5 Å². The maximum atomic E-state index is 12.8. The summed E-state index contributed by atoms with van der Waals surface area (Å²) >= 11 is 0. The van der Waals surface area contributed by atoms with Crippen LogP contribution >= 0.6 is 0 Å². The van der Waals surface area contributed by atoms with Gasteiger partial charge < -0.3 is 9.47 Å². The monoisotopic (exact) mass is 560 g/mol. The fourth-order valence-electron chi connectivity index (χ4n) is 3.61. The van der Waals surface area contributed by atoms with Crippen molar-refractivity contribution in [2.75, 3.05) is 19.5 Å². The first kappa shape index (κ1) is 28.3. The van der Waals surface area contributed by atoms with E-state index in [1.165, 1.54) is 32.4 Å². The van der Waals surface area contributed by atoms with Crippen LogP contribution in [0.25, 0.3) is 0 Å². The van der Waals surface area contributed by atoms with Gasteiger partial charge in [-0.3, -0.25) is 15.5 Å². The molecule has 4 aromatic rings. The summed E-state index contributed by atoms with van der Waals surface area (Å²) in [5, 5.41) is 15.4. The number of ether oxygens (including phenoxy) is 2. The Balaban J connectivity index is 1.59. The molecule has 0 fully saturated rings. The third-order valence-electron chi connectivity index (χ3n) is 5.79. The van der Waals surface area contributed by atoms with Crippen molar-refractivity contribution in [2.24, 2.45) is 5.10 Å². The number of hydrogen-bond acceptors (Lipinski definition) is 8. The number of hydrogen-bond donors (Lipinski definition) is 1. The molecule has 0 aliphatic rings. The van der Waals surface area contributed by atoms with Gasteiger partial charge in [0.2, 0.25) is 10.0 Å². The Hall–Kier alpha value is -4.74. The van der Waals surface area contributed by atoms with Crippen molar-refractivity contribution >= 4 is 27.6 Å². The normalized spacial score (nSPS) is 11.5. The van der Waals surface area contributed by atoms with Gasteiger partial charge in [-0.15, -0.1) is 0 Å². The minimum Gasteiger partial charge on any atom is -0.489 e. The van der Waals surface area contributed by atoms with Gasteiger partial charge in [-0.2, -0.15) is 5.10 Å². The molecule has 4 aromatic carbocycles. The number of nitrogens with one attached hydrogen (secondary N) is 1. The highest BCUT2D eigenvalue weighted by molar-refractivity contribution is 7.89. The maximum Gasteiger partial charge on any atom is 0.270 e. The first-order valence-electron chi connectivity index (χ1n) is 12.2. The molecule has 10 nitrogen and oxygen atoms in total. The molecule has 0 atom stereocenters. The highest BCUT2D eigenvalue weighted by atomic mass is 32.2. The van der Waals surface area contributed by atoms with Gasteiger partial charge in [0.1, 0.15) is 29.6 Å². The lowest BCUT2D eigenvalue weighted by atomic mass is 10.2. The van der Waals surface area contributed by atoms with Crippen molar-refractivity contribution < 1.29 is 22.8 Å². The second kappa shape index (κ2) is 12.9. The van der Waals surface area contributed by atoms with Gasteiger partial charge in [0.25, 0.3) is 5.69 Å². The molecular weight excluding hydrogens is 532 g/mol. The van der Waals surface area contributed by atoms with Crippen LogP contribution in [0.1, 0.15) is 16.7 Å². The fraction of sp³-hybridized carbons (Fsp3) is 0.138. The van der Waals surface area contributed by atoms with Gasteiger partial charge in [-0.25, -0.2) is 12.7 Å². The number of non-ortho nitro benzene ring substituents is 1. The Morgan fingerprint density at radius 3 is 2.10 bits per heavy atom. The summed E-state index contributed by atoms with van der Waals surface area (Å²) in [6.07, 6.45) is 1.48. The zero-order chi connectivity index (χ0) is 28.5. The summed E-state index contributed by atoms with van der Waals surface area (Å²) < 4.78 is 38.7. The summed E-state index contributed by atoms with van der Waals surface area (Å²) in [5.41, 5.74) is 5.05. The molecule has 0 saturated heterocycles. The number of nitro groups is 1. The molecule has 1 N–H and O–H groups in total. The van der Waals surface area contributed by atoms with Crippen LogP contribution in [0.15, 0.2) is 107 Å². The second-order valence-corrected chi connectivity index (χ2v) is 11.0. The van der Waals surface area contributed by atoms with Crippen molar-refractivity contribution in [1.82, 2.24) is 4.31 Å². The number of sulfonamides is 1. The van der Waals surface area contributed by atoms with Crippen LogP contribution in [0.4, 0.5) is 11.4 Å². The van der Waals surface area contributed by atoms with Gasteiger partial charge >= 0.3 is 0 Å². The van der Waals surface area contributed by atoms with Crippen molar-refractivity contribution in [2.45, 2.75) is 18.1 Å². The van der Waals surface area contributed by atoms with Gasteiger partial charge in [0.15, 0.2) is 0 Å². The number of anilines is 1. The van der Waals surface area contributed by atoms with E-state index in [1.807, 2.05) is 60.7 Å². The molecule has 0 saturated carbocycles. The number of hydrazone groups is 1. The van der Waals surface area contributed by atoms with Crippen LogP contribution < -0.4 is 14.9 Å². The first-order chi connectivity index (χ1) is 19.2. The molecule has 0 bridgehead atoms. The lowest BCUT2D eigenvalue weighted by Crippen LogP contribution is -2.23. The molecule has 0 heterocycles. The van der Waals surface area contributed by atoms with E-state index in [9.17, 15) is 18.5 Å². The van der Waals surface area contributed by atoms with Crippen molar-refractivity contribution in [3.8, 4) is 11.5 Å². The predicted molar refractivity (Wildman–Crippen MR) is 153 cm³/mol. The number of benzene rings is 4. The zero-order valence-corrected chi connectivity index (χ0v) is 22.7. The van der Waals surface area contributed by atoms with E-state index in [4.69, 9.17) is 9.47 Å². The third kappa shape index (κ3) is 7.22. The molecule has 4 rings (SSSR count). The minimum atomic E-state index is -3.99. The maximum absolute atomic E-state index is 12.8. The molecule has 0 radical (unpaired) electrons. The lowest BCUT2D eigenvalue weighted by molar-refractivity contribution is -0.385. The van der Waals surface area contributed by atoms with Crippen molar-refractivity contribution in [3.05, 3.63) is 124 Å². The molecule has 0 amide bonds. The summed E-state index contributed by atoms with van der Waals surface area (Å²) in [7, 11) is -1.30. The molecule has 206 valence electrons. The number of rotatable bonds is 12. The Morgan fingerprint density at radius 2 is 1.50 bits per heavy atom. The van der Waals surface area contributed by atoms with Crippen LogP contribution in [0, 0.1) is 10.1 Å². The van der Waals surface area contributed by atoms with E-state index < -0.39 is 14.9 Å². The first-order valence-corrected chi connectivity index (χ1v) is 13.7. The second-order valence-electron chi connectivity index (χ2n) is 8.84. The van der Waals surface area contributed by atoms with Crippen LogP contribution in [-0.4, -0.2) is 38.0 Å². The summed E-state index contributed by atoms with van der Waals surface area (Å²) in [5.74, 6) is 1.11. The highest BCUT2D eigenvalue weighted by Gasteiger charge is 2.24.